The summed E-state index contributed by atoms with van der Waals surface area (Å²) in [5.41, 5.74) is 7.51. The fraction of sp³-hybridized carbons (Fsp3) is 0.0952. The van der Waals surface area contributed by atoms with Crippen LogP contribution in [0.4, 0.5) is 15.9 Å². The van der Waals surface area contributed by atoms with Crippen LogP contribution in [0, 0.1) is 17.1 Å². The number of nitrogens with two attached hydrogens (primary N) is 1. The predicted octanol–water partition coefficient (Wildman–Crippen LogP) is 4.23. The number of hydrogen-bond donors (Lipinski definition) is 2. The largest absolute Gasteiger partial charge is 0.496 e. The van der Waals surface area contributed by atoms with Gasteiger partial charge in [-0.15, -0.1) is 11.8 Å². The Bertz CT molecular complexity index is 1080. The van der Waals surface area contributed by atoms with E-state index in [0.29, 0.717) is 27.8 Å². The maximum Gasteiger partial charge on any atom is 0.259 e. The van der Waals surface area contributed by atoms with Crippen molar-refractivity contribution >= 4 is 29.2 Å². The van der Waals surface area contributed by atoms with Crippen LogP contribution in [0.2, 0.25) is 0 Å². The first-order valence-electron chi connectivity index (χ1n) is 8.54. The highest BCUT2D eigenvalue weighted by Gasteiger charge is 2.17. The number of halogens is 1. The quantitative estimate of drug-likeness (QED) is 0.592. The minimum absolute atomic E-state index is 0.00568. The van der Waals surface area contributed by atoms with Gasteiger partial charge in [0.2, 0.25) is 0 Å². The Morgan fingerprint density at radius 2 is 2.03 bits per heavy atom. The molecule has 3 N–H and O–H groups in total. The molecule has 0 aliphatic carbocycles. The Kier molecular flexibility index (Phi) is 6.32. The van der Waals surface area contributed by atoms with Crippen LogP contribution in [-0.4, -0.2) is 18.0 Å². The molecule has 0 unspecified atom stereocenters. The normalized spacial score (nSPS) is 10.2. The molecule has 0 spiro atoms. The van der Waals surface area contributed by atoms with Gasteiger partial charge in [-0.25, -0.2) is 9.37 Å². The first kappa shape index (κ1) is 20.2. The number of hydrogen-bond acceptors (Lipinski definition) is 6. The van der Waals surface area contributed by atoms with E-state index in [4.69, 9.17) is 10.5 Å². The van der Waals surface area contributed by atoms with Crippen molar-refractivity contribution in [2.24, 2.45) is 0 Å². The molecule has 1 amide bonds. The lowest BCUT2D eigenvalue weighted by Gasteiger charge is -2.11. The van der Waals surface area contributed by atoms with Gasteiger partial charge in [0.15, 0.2) is 0 Å². The zero-order chi connectivity index (χ0) is 20.8. The van der Waals surface area contributed by atoms with Crippen LogP contribution in [0.3, 0.4) is 0 Å². The van der Waals surface area contributed by atoms with E-state index in [0.717, 1.165) is 0 Å². The van der Waals surface area contributed by atoms with Crippen molar-refractivity contribution in [1.82, 2.24) is 4.98 Å². The molecule has 0 aliphatic rings. The summed E-state index contributed by atoms with van der Waals surface area (Å²) < 4.78 is 18.8. The van der Waals surface area contributed by atoms with Crippen molar-refractivity contribution < 1.29 is 13.9 Å². The molecule has 1 heterocycles. The summed E-state index contributed by atoms with van der Waals surface area (Å²) in [6, 6.07) is 16.5. The zero-order valence-corrected chi connectivity index (χ0v) is 16.3. The van der Waals surface area contributed by atoms with Crippen LogP contribution in [0.5, 0.6) is 5.75 Å². The predicted molar refractivity (Wildman–Crippen MR) is 110 cm³/mol. The molecule has 3 aromatic rings. The van der Waals surface area contributed by atoms with Gasteiger partial charge >= 0.3 is 0 Å². The second kappa shape index (κ2) is 9.08. The van der Waals surface area contributed by atoms with E-state index in [2.05, 4.69) is 10.3 Å². The molecule has 1 aromatic heterocycles. The molecule has 2 aromatic carbocycles. The van der Waals surface area contributed by atoms with Crippen molar-refractivity contribution in [3.63, 3.8) is 0 Å². The molecule has 0 bridgehead atoms. The van der Waals surface area contributed by atoms with Gasteiger partial charge in [-0.2, -0.15) is 5.26 Å². The number of thioether (sulfide) groups is 1. The fourth-order valence-electron chi connectivity index (χ4n) is 2.61. The van der Waals surface area contributed by atoms with E-state index in [1.165, 1.54) is 43.1 Å². The van der Waals surface area contributed by atoms with Crippen LogP contribution in [0.1, 0.15) is 21.5 Å². The third kappa shape index (κ3) is 4.83. The number of aromatic nitrogens is 1. The number of benzene rings is 2. The summed E-state index contributed by atoms with van der Waals surface area (Å²) in [4.78, 5) is 16.7. The highest BCUT2D eigenvalue weighted by Crippen LogP contribution is 2.31. The number of anilines is 2. The number of amides is 1. The number of carbonyl (C=O) groups is 1. The summed E-state index contributed by atoms with van der Waals surface area (Å²) >= 11 is 1.21. The van der Waals surface area contributed by atoms with Crippen molar-refractivity contribution in [2.75, 3.05) is 18.2 Å². The standard InChI is InChI=1S/C21H17FN4O2S/c1-28-18-8-7-15(22)9-14(18)12-29-21-13(11-23)10-17(19(24)26-21)20(27)25-16-5-3-2-4-6-16/h2-10H,12H2,1H3,(H2,24,26)(H,25,27). The van der Waals surface area contributed by atoms with Crippen molar-refractivity contribution in [3.8, 4) is 11.8 Å². The van der Waals surface area contributed by atoms with Crippen LogP contribution < -0.4 is 15.8 Å². The number of carbonyl (C=O) groups excluding carboxylic acids is 1. The minimum Gasteiger partial charge on any atom is -0.496 e. The van der Waals surface area contributed by atoms with Gasteiger partial charge in [0.25, 0.3) is 5.91 Å². The Morgan fingerprint density at radius 3 is 2.72 bits per heavy atom. The highest BCUT2D eigenvalue weighted by molar-refractivity contribution is 7.98. The molecule has 8 heteroatoms. The van der Waals surface area contributed by atoms with Gasteiger partial charge in [-0.05, 0) is 36.4 Å². The molecule has 0 fully saturated rings. The average molecular weight is 408 g/mol. The molecular weight excluding hydrogens is 391 g/mol. The van der Waals surface area contributed by atoms with Crippen LogP contribution in [-0.2, 0) is 5.75 Å². The smallest absolute Gasteiger partial charge is 0.259 e. The van der Waals surface area contributed by atoms with Crippen LogP contribution >= 0.6 is 11.8 Å². The van der Waals surface area contributed by atoms with Crippen molar-refractivity contribution in [3.05, 3.63) is 77.1 Å². The maximum atomic E-state index is 13.5. The topological polar surface area (TPSA) is 101 Å². The Hall–Kier alpha value is -3.57. The summed E-state index contributed by atoms with van der Waals surface area (Å²) in [6.45, 7) is 0. The number of nitrogen functional groups attached to an aromatic ring is 1. The molecule has 3 rings (SSSR count). The molecule has 0 atom stereocenters. The number of rotatable bonds is 6. The lowest BCUT2D eigenvalue weighted by molar-refractivity contribution is 0.102. The van der Waals surface area contributed by atoms with E-state index in [1.54, 1.807) is 24.3 Å². The first-order valence-corrected chi connectivity index (χ1v) is 9.52. The monoisotopic (exact) mass is 408 g/mol. The molecule has 0 saturated heterocycles. The van der Waals surface area contributed by atoms with Gasteiger partial charge in [0.05, 0.1) is 18.2 Å². The third-order valence-corrected chi connectivity index (χ3v) is 5.06. The number of para-hydroxylation sites is 1. The van der Waals surface area contributed by atoms with E-state index in [-0.39, 0.29) is 22.8 Å². The van der Waals surface area contributed by atoms with Gasteiger partial charge in [0.1, 0.15) is 28.5 Å². The first-order chi connectivity index (χ1) is 14.0. The third-order valence-electron chi connectivity index (χ3n) is 4.02. The number of ether oxygens (including phenoxy) is 1. The summed E-state index contributed by atoms with van der Waals surface area (Å²) in [7, 11) is 1.50. The number of nitriles is 1. The SMILES string of the molecule is COc1ccc(F)cc1CSc1nc(N)c(C(=O)Nc2ccccc2)cc1C#N. The molecule has 0 aliphatic heterocycles. The number of nitrogens with zero attached hydrogens (tertiary/aromatic N) is 2. The summed E-state index contributed by atoms with van der Waals surface area (Å²) in [5.74, 6) is 0.0104. The van der Waals surface area contributed by atoms with Gasteiger partial charge in [-0.3, -0.25) is 4.79 Å². The lowest BCUT2D eigenvalue weighted by Crippen LogP contribution is -2.15. The van der Waals surface area contributed by atoms with E-state index >= 15 is 0 Å². The Morgan fingerprint density at radius 1 is 1.28 bits per heavy atom. The Balaban J connectivity index is 1.83. The molecule has 0 saturated carbocycles. The van der Waals surface area contributed by atoms with E-state index < -0.39 is 5.91 Å². The van der Waals surface area contributed by atoms with E-state index in [1.807, 2.05) is 12.1 Å². The second-order valence-electron chi connectivity index (χ2n) is 5.95. The number of methoxy groups -OCH3 is 1. The lowest BCUT2D eigenvalue weighted by atomic mass is 10.2. The number of pyridine rings is 1. The maximum absolute atomic E-state index is 13.5. The summed E-state index contributed by atoms with van der Waals surface area (Å²) in [6.07, 6.45) is 0. The van der Waals surface area contributed by atoms with Gasteiger partial charge < -0.3 is 15.8 Å². The van der Waals surface area contributed by atoms with Crippen molar-refractivity contribution in [2.45, 2.75) is 10.8 Å². The summed E-state index contributed by atoms with van der Waals surface area (Å²) in [5, 5.41) is 12.6. The zero-order valence-electron chi connectivity index (χ0n) is 15.5. The molecule has 29 heavy (non-hydrogen) atoms. The van der Waals surface area contributed by atoms with Gasteiger partial charge in [-0.1, -0.05) is 18.2 Å². The van der Waals surface area contributed by atoms with Gasteiger partial charge in [0, 0.05) is 17.0 Å². The second-order valence-corrected chi connectivity index (χ2v) is 6.91. The molecule has 146 valence electrons. The van der Waals surface area contributed by atoms with Crippen LogP contribution in [0.25, 0.3) is 0 Å². The Labute approximate surface area is 171 Å². The highest BCUT2D eigenvalue weighted by atomic mass is 32.2. The molecule has 0 radical (unpaired) electrons. The van der Waals surface area contributed by atoms with Crippen molar-refractivity contribution in [1.29, 1.82) is 5.26 Å². The van der Waals surface area contributed by atoms with Crippen LogP contribution in [0.15, 0.2) is 59.6 Å². The molecular formula is C21H17FN4O2S. The molecule has 6 nitrogen and oxygen atoms in total. The van der Waals surface area contributed by atoms with E-state index in [9.17, 15) is 14.4 Å². The minimum atomic E-state index is -0.457. The number of nitrogens with one attached hydrogen (secondary N) is 1. The average Bonchev–Trinajstić information content (AvgIpc) is 2.73. The fourth-order valence-corrected chi connectivity index (χ4v) is 3.55.